The molecule has 2 heterocycles. The van der Waals surface area contributed by atoms with Crippen molar-refractivity contribution in [3.8, 4) is 22.8 Å². The van der Waals surface area contributed by atoms with Gasteiger partial charge in [-0.3, -0.25) is 9.20 Å². The zero-order valence-electron chi connectivity index (χ0n) is 18.5. The average Bonchev–Trinajstić information content (AvgIpc) is 3.12. The number of nitrogens with one attached hydrogen (secondary N) is 1. The maximum Gasteiger partial charge on any atom is 0.255 e. The summed E-state index contributed by atoms with van der Waals surface area (Å²) in [5.74, 6) is 1.77. The van der Waals surface area contributed by atoms with Gasteiger partial charge >= 0.3 is 0 Å². The summed E-state index contributed by atoms with van der Waals surface area (Å²) in [6, 6.07) is 11.6. The molecule has 0 unspecified atom stereocenters. The minimum absolute atomic E-state index is 0.259. The van der Waals surface area contributed by atoms with Crippen molar-refractivity contribution in [3.05, 3.63) is 65.5 Å². The largest absolute Gasteiger partial charge is 0.497 e. The number of imidazole rings is 1. The molecule has 4 rings (SSSR count). The summed E-state index contributed by atoms with van der Waals surface area (Å²) in [5, 5.41) is 3.56. The van der Waals surface area contributed by atoms with E-state index in [1.165, 1.54) is 0 Å². The number of aryl methyl sites for hydroxylation is 3. The van der Waals surface area contributed by atoms with Crippen LogP contribution in [0.15, 0.2) is 48.8 Å². The predicted octanol–water partition coefficient (Wildman–Crippen LogP) is 3.94. The van der Waals surface area contributed by atoms with E-state index >= 15 is 0 Å². The molecule has 1 amide bonds. The second-order valence-corrected chi connectivity index (χ2v) is 7.56. The number of hydrogen-bond donors (Lipinski definition) is 2. The molecule has 4 aromatic rings. The van der Waals surface area contributed by atoms with E-state index < -0.39 is 5.91 Å². The number of nitrogens with zero attached hydrogens (tertiary/aromatic N) is 3. The maximum absolute atomic E-state index is 11.4. The fraction of sp³-hybridized carbons (Fsp3) is 0.208. The van der Waals surface area contributed by atoms with Crippen LogP contribution < -0.4 is 20.5 Å². The summed E-state index contributed by atoms with van der Waals surface area (Å²) >= 11 is 0. The minimum Gasteiger partial charge on any atom is -0.497 e. The Bertz CT molecular complexity index is 1290. The molecule has 164 valence electrons. The second kappa shape index (κ2) is 8.58. The molecule has 32 heavy (non-hydrogen) atoms. The van der Waals surface area contributed by atoms with Gasteiger partial charge < -0.3 is 20.5 Å². The highest BCUT2D eigenvalue weighted by Gasteiger charge is 2.22. The smallest absolute Gasteiger partial charge is 0.255 e. The van der Waals surface area contributed by atoms with Crippen molar-refractivity contribution in [2.45, 2.75) is 20.8 Å². The van der Waals surface area contributed by atoms with Crippen LogP contribution in [0.1, 0.15) is 16.7 Å². The summed E-state index contributed by atoms with van der Waals surface area (Å²) in [6.07, 6.45) is 3.60. The Morgan fingerprint density at radius 3 is 2.56 bits per heavy atom. The Hall–Kier alpha value is -4.07. The van der Waals surface area contributed by atoms with E-state index in [0.717, 1.165) is 33.8 Å². The van der Waals surface area contributed by atoms with Crippen molar-refractivity contribution in [2.24, 2.45) is 5.73 Å². The van der Waals surface area contributed by atoms with Gasteiger partial charge in [0.1, 0.15) is 23.0 Å². The number of amides is 1. The summed E-state index contributed by atoms with van der Waals surface area (Å²) in [5.41, 5.74) is 10.8. The van der Waals surface area contributed by atoms with Crippen LogP contribution in [0.4, 0.5) is 11.5 Å². The molecule has 0 radical (unpaired) electrons. The number of ether oxygens (including phenoxy) is 2. The van der Waals surface area contributed by atoms with Crippen molar-refractivity contribution < 1.29 is 14.3 Å². The first-order valence-corrected chi connectivity index (χ1v) is 10.2. The van der Waals surface area contributed by atoms with Crippen LogP contribution in [0, 0.1) is 20.8 Å². The van der Waals surface area contributed by atoms with Crippen LogP contribution in [-0.2, 0) is 4.79 Å². The monoisotopic (exact) mass is 431 g/mol. The summed E-state index contributed by atoms with van der Waals surface area (Å²) < 4.78 is 13.1. The number of methoxy groups -OCH3 is 1. The molecule has 0 aliphatic rings. The van der Waals surface area contributed by atoms with E-state index in [1.807, 2.05) is 35.7 Å². The number of primary amides is 1. The van der Waals surface area contributed by atoms with Crippen LogP contribution in [0.2, 0.25) is 0 Å². The van der Waals surface area contributed by atoms with E-state index in [1.54, 1.807) is 19.4 Å². The molecule has 0 bridgehead atoms. The van der Waals surface area contributed by atoms with Gasteiger partial charge in [0.2, 0.25) is 5.78 Å². The lowest BCUT2D eigenvalue weighted by Gasteiger charge is -2.17. The van der Waals surface area contributed by atoms with Gasteiger partial charge in [-0.2, -0.15) is 0 Å². The van der Waals surface area contributed by atoms with Gasteiger partial charge in [0, 0.05) is 29.7 Å². The number of hydrogen-bond acceptors (Lipinski definition) is 6. The first-order valence-electron chi connectivity index (χ1n) is 10.2. The quantitative estimate of drug-likeness (QED) is 0.459. The Balaban J connectivity index is 1.96. The maximum atomic E-state index is 11.4. The molecule has 0 saturated heterocycles. The molecule has 8 nitrogen and oxygen atoms in total. The summed E-state index contributed by atoms with van der Waals surface area (Å²) in [7, 11) is 1.58. The van der Waals surface area contributed by atoms with Crippen molar-refractivity contribution in [3.63, 3.8) is 0 Å². The zero-order valence-corrected chi connectivity index (χ0v) is 18.5. The highest BCUT2D eigenvalue weighted by molar-refractivity contribution is 5.86. The number of nitrogens with two attached hydrogens (primary N) is 1. The van der Waals surface area contributed by atoms with Crippen LogP contribution in [0.3, 0.4) is 0 Å². The normalized spacial score (nSPS) is 10.9. The van der Waals surface area contributed by atoms with Crippen LogP contribution >= 0.6 is 0 Å². The molecular formula is C24H25N5O3. The fourth-order valence-corrected chi connectivity index (χ4v) is 3.72. The van der Waals surface area contributed by atoms with Gasteiger partial charge in [-0.1, -0.05) is 18.2 Å². The van der Waals surface area contributed by atoms with Crippen LogP contribution in [0.5, 0.6) is 11.5 Å². The molecule has 0 aliphatic carbocycles. The fourth-order valence-electron chi connectivity index (χ4n) is 3.72. The Morgan fingerprint density at radius 1 is 1.12 bits per heavy atom. The molecule has 8 heteroatoms. The van der Waals surface area contributed by atoms with Crippen LogP contribution in [-0.4, -0.2) is 34.0 Å². The Kier molecular flexibility index (Phi) is 5.68. The number of carbonyl (C=O) groups excluding carboxylic acids is 1. The molecule has 2 aromatic carbocycles. The van der Waals surface area contributed by atoms with Crippen LogP contribution in [0.25, 0.3) is 17.0 Å². The SMILES string of the molecule is COc1cc(C)c(-c2nc3ncccn3c2Nc2c(C)cccc2C)c(OCC(N)=O)c1. The lowest BCUT2D eigenvalue weighted by molar-refractivity contribution is -0.119. The van der Waals surface area contributed by atoms with Gasteiger partial charge in [0.15, 0.2) is 6.61 Å². The molecule has 0 fully saturated rings. The Morgan fingerprint density at radius 2 is 1.88 bits per heavy atom. The van der Waals surface area contributed by atoms with Crippen molar-refractivity contribution in [1.82, 2.24) is 14.4 Å². The second-order valence-electron chi connectivity index (χ2n) is 7.56. The predicted molar refractivity (Wildman–Crippen MR) is 124 cm³/mol. The number of rotatable bonds is 7. The van der Waals surface area contributed by atoms with Crippen molar-refractivity contribution in [2.75, 3.05) is 19.0 Å². The van der Waals surface area contributed by atoms with Gasteiger partial charge in [0.05, 0.1) is 7.11 Å². The number of benzene rings is 2. The Labute approximate surface area is 186 Å². The van der Waals surface area contributed by atoms with Gasteiger partial charge in [0.25, 0.3) is 5.91 Å². The molecule has 0 aliphatic heterocycles. The van der Waals surface area contributed by atoms with E-state index in [-0.39, 0.29) is 6.61 Å². The number of para-hydroxylation sites is 1. The van der Waals surface area contributed by atoms with Gasteiger partial charge in [-0.05, 0) is 49.6 Å². The highest BCUT2D eigenvalue weighted by atomic mass is 16.5. The number of aromatic nitrogens is 3. The molecule has 2 aromatic heterocycles. The molecule has 0 spiro atoms. The third-order valence-electron chi connectivity index (χ3n) is 5.24. The first-order chi connectivity index (χ1) is 15.4. The van der Waals surface area contributed by atoms with Crippen molar-refractivity contribution in [1.29, 1.82) is 0 Å². The third-order valence-corrected chi connectivity index (χ3v) is 5.24. The summed E-state index contributed by atoms with van der Waals surface area (Å²) in [4.78, 5) is 20.6. The molecule has 0 atom stereocenters. The minimum atomic E-state index is -0.568. The number of anilines is 2. The molecule has 3 N–H and O–H groups in total. The zero-order chi connectivity index (χ0) is 22.8. The first kappa shape index (κ1) is 21.2. The number of fused-ring (bicyclic) bond motifs is 1. The standard InChI is InChI=1S/C24H25N5O3/c1-14-7-5-8-15(2)21(14)27-23-22(28-24-26-9-6-10-29(23)24)20-16(3)11-17(31-4)12-18(20)32-13-19(25)30/h5-12,27H,13H2,1-4H3,(H2,25,30). The molecule has 0 saturated carbocycles. The van der Waals surface area contributed by atoms with Crippen molar-refractivity contribution >= 4 is 23.2 Å². The highest BCUT2D eigenvalue weighted by Crippen LogP contribution is 2.41. The lowest BCUT2D eigenvalue weighted by Crippen LogP contribution is -2.20. The third kappa shape index (κ3) is 3.94. The average molecular weight is 431 g/mol. The van der Waals surface area contributed by atoms with E-state index in [9.17, 15) is 4.79 Å². The number of carbonyl (C=O) groups is 1. The van der Waals surface area contributed by atoms with Gasteiger partial charge in [-0.15, -0.1) is 0 Å². The molecular weight excluding hydrogens is 406 g/mol. The van der Waals surface area contributed by atoms with E-state index in [4.69, 9.17) is 20.2 Å². The lowest BCUT2D eigenvalue weighted by atomic mass is 10.0. The van der Waals surface area contributed by atoms with Gasteiger partial charge in [-0.25, -0.2) is 9.97 Å². The van der Waals surface area contributed by atoms with E-state index in [2.05, 4.69) is 36.3 Å². The summed E-state index contributed by atoms with van der Waals surface area (Å²) in [6.45, 7) is 5.78. The topological polar surface area (TPSA) is 104 Å². The van der Waals surface area contributed by atoms with E-state index in [0.29, 0.717) is 23.0 Å².